The Bertz CT molecular complexity index is 1050. The molecule has 0 N–H and O–H groups in total. The van der Waals surface area contributed by atoms with Crippen molar-refractivity contribution < 1.29 is 32.2 Å². The van der Waals surface area contributed by atoms with Crippen molar-refractivity contribution >= 4 is 27.6 Å². The smallest absolute Gasteiger partial charge is 0.338 e. The van der Waals surface area contributed by atoms with Gasteiger partial charge in [0.2, 0.25) is 0 Å². The Labute approximate surface area is 176 Å². The van der Waals surface area contributed by atoms with Crippen LogP contribution in [0.25, 0.3) is 0 Å². The molecule has 0 spiro atoms. The van der Waals surface area contributed by atoms with Gasteiger partial charge < -0.3 is 14.2 Å². The fourth-order valence-corrected chi connectivity index (χ4v) is 4.46. The second kappa shape index (κ2) is 9.62. The van der Waals surface area contributed by atoms with E-state index >= 15 is 0 Å². The topological polar surface area (TPSA) is 99.2 Å². The molecule has 162 valence electrons. The summed E-state index contributed by atoms with van der Waals surface area (Å²) in [6.07, 6.45) is 0. The van der Waals surface area contributed by atoms with Crippen molar-refractivity contribution in [1.82, 2.24) is 0 Å². The molecule has 0 fully saturated rings. The second-order valence-electron chi connectivity index (χ2n) is 6.44. The van der Waals surface area contributed by atoms with Crippen LogP contribution >= 0.6 is 0 Å². The summed E-state index contributed by atoms with van der Waals surface area (Å²) in [4.78, 5) is 24.0. The van der Waals surface area contributed by atoms with E-state index in [1.165, 1.54) is 44.6 Å². The quantitative estimate of drug-likeness (QED) is 0.588. The summed E-state index contributed by atoms with van der Waals surface area (Å²) in [5, 5.41) is 0. The predicted octanol–water partition coefficient (Wildman–Crippen LogP) is 2.86. The lowest BCUT2D eigenvalue weighted by Crippen LogP contribution is -2.37. The van der Waals surface area contributed by atoms with Gasteiger partial charge in [-0.25, -0.2) is 13.2 Å². The van der Waals surface area contributed by atoms with Gasteiger partial charge in [0.05, 0.1) is 37.0 Å². The van der Waals surface area contributed by atoms with Crippen LogP contribution < -0.4 is 9.04 Å². The van der Waals surface area contributed by atoms with Gasteiger partial charge in [0.25, 0.3) is 10.0 Å². The number of aryl methyl sites for hydroxylation is 2. The molecule has 30 heavy (non-hydrogen) atoms. The lowest BCUT2D eigenvalue weighted by atomic mass is 10.1. The minimum absolute atomic E-state index is 0.00132. The number of nitrogens with zero attached hydrogens (tertiary/aromatic N) is 1. The standard InChI is InChI=1S/C21H25NO7S/c1-6-29-21(24)16-7-9-18(14(2)11-16)22(13-20(23)28-5)30(25,26)17-8-10-19(27-4)15(3)12-17/h7-12H,6,13H2,1-5H3. The molecule has 0 saturated heterocycles. The molecule has 0 aliphatic heterocycles. The molecule has 8 nitrogen and oxygen atoms in total. The minimum Gasteiger partial charge on any atom is -0.496 e. The first kappa shape index (κ1) is 23.2. The van der Waals surface area contributed by atoms with Gasteiger partial charge in [0, 0.05) is 0 Å². The van der Waals surface area contributed by atoms with Gasteiger partial charge in [0.15, 0.2) is 0 Å². The van der Waals surface area contributed by atoms with Crippen LogP contribution in [-0.2, 0) is 24.3 Å². The maximum atomic E-state index is 13.4. The van der Waals surface area contributed by atoms with Crippen LogP contribution in [0.4, 0.5) is 5.69 Å². The summed E-state index contributed by atoms with van der Waals surface area (Å²) < 4.78 is 42.6. The molecule has 0 radical (unpaired) electrons. The van der Waals surface area contributed by atoms with Crippen LogP contribution in [-0.4, -0.2) is 47.7 Å². The van der Waals surface area contributed by atoms with Crippen molar-refractivity contribution in [3.63, 3.8) is 0 Å². The van der Waals surface area contributed by atoms with E-state index in [2.05, 4.69) is 4.74 Å². The molecule has 0 aliphatic carbocycles. The number of sulfonamides is 1. The highest BCUT2D eigenvalue weighted by Crippen LogP contribution is 2.30. The average molecular weight is 435 g/mol. The Balaban J connectivity index is 2.57. The summed E-state index contributed by atoms with van der Waals surface area (Å²) in [5.74, 6) is -0.693. The summed E-state index contributed by atoms with van der Waals surface area (Å²) in [7, 11) is -1.44. The highest BCUT2D eigenvalue weighted by molar-refractivity contribution is 7.92. The van der Waals surface area contributed by atoms with E-state index in [0.717, 1.165) is 4.31 Å². The van der Waals surface area contributed by atoms with Gasteiger partial charge in [0.1, 0.15) is 12.3 Å². The highest BCUT2D eigenvalue weighted by atomic mass is 32.2. The van der Waals surface area contributed by atoms with Gasteiger partial charge in [-0.3, -0.25) is 9.10 Å². The van der Waals surface area contributed by atoms with Crippen LogP contribution in [0.15, 0.2) is 41.3 Å². The molecule has 0 unspecified atom stereocenters. The van der Waals surface area contributed by atoms with E-state index in [1.807, 2.05) is 0 Å². The van der Waals surface area contributed by atoms with Crippen molar-refractivity contribution in [2.45, 2.75) is 25.7 Å². The Morgan fingerprint density at radius 3 is 2.23 bits per heavy atom. The van der Waals surface area contributed by atoms with Crippen molar-refractivity contribution in [1.29, 1.82) is 0 Å². The number of hydrogen-bond acceptors (Lipinski definition) is 7. The molecule has 0 amide bonds. The normalized spacial score (nSPS) is 11.0. The molecule has 0 saturated carbocycles. The predicted molar refractivity (Wildman–Crippen MR) is 111 cm³/mol. The van der Waals surface area contributed by atoms with Gasteiger partial charge in [-0.2, -0.15) is 0 Å². The van der Waals surface area contributed by atoms with Gasteiger partial charge in [-0.1, -0.05) is 0 Å². The Hall–Kier alpha value is -3.07. The fraction of sp³-hybridized carbons (Fsp3) is 0.333. The van der Waals surface area contributed by atoms with Gasteiger partial charge >= 0.3 is 11.9 Å². The zero-order valence-electron chi connectivity index (χ0n) is 17.6. The first-order valence-corrected chi connectivity index (χ1v) is 10.6. The minimum atomic E-state index is -4.11. The van der Waals surface area contributed by atoms with E-state index in [-0.39, 0.29) is 22.8 Å². The first-order valence-electron chi connectivity index (χ1n) is 9.17. The molecular weight excluding hydrogens is 410 g/mol. The number of carbonyl (C=O) groups is 2. The van der Waals surface area contributed by atoms with Crippen molar-refractivity contribution in [3.8, 4) is 5.75 Å². The zero-order chi connectivity index (χ0) is 22.5. The molecule has 0 heterocycles. The van der Waals surface area contributed by atoms with Gasteiger partial charge in [-0.15, -0.1) is 0 Å². The van der Waals surface area contributed by atoms with Crippen molar-refractivity contribution in [3.05, 3.63) is 53.1 Å². The number of rotatable bonds is 8. The molecule has 0 aliphatic rings. The van der Waals surface area contributed by atoms with E-state index in [0.29, 0.717) is 16.9 Å². The average Bonchev–Trinajstić information content (AvgIpc) is 2.72. The third kappa shape index (κ3) is 4.91. The van der Waals surface area contributed by atoms with Crippen LogP contribution in [0.2, 0.25) is 0 Å². The number of benzene rings is 2. The number of ether oxygens (including phenoxy) is 3. The Kier molecular flexibility index (Phi) is 7.44. The Morgan fingerprint density at radius 2 is 1.70 bits per heavy atom. The van der Waals surface area contributed by atoms with E-state index in [9.17, 15) is 18.0 Å². The molecule has 9 heteroatoms. The molecule has 2 rings (SSSR count). The highest BCUT2D eigenvalue weighted by Gasteiger charge is 2.29. The number of anilines is 1. The van der Waals surface area contributed by atoms with Crippen LogP contribution in [0.5, 0.6) is 5.75 Å². The lowest BCUT2D eigenvalue weighted by Gasteiger charge is -2.25. The fourth-order valence-electron chi connectivity index (χ4n) is 2.90. The van der Waals surface area contributed by atoms with Crippen LogP contribution in [0.3, 0.4) is 0 Å². The molecule has 0 atom stereocenters. The van der Waals surface area contributed by atoms with Crippen molar-refractivity contribution in [2.24, 2.45) is 0 Å². The number of esters is 2. The third-order valence-corrected chi connectivity index (χ3v) is 6.19. The largest absolute Gasteiger partial charge is 0.496 e. The molecule has 2 aromatic rings. The number of carbonyl (C=O) groups excluding carboxylic acids is 2. The Morgan fingerprint density at radius 1 is 1.00 bits per heavy atom. The van der Waals surface area contributed by atoms with Crippen LogP contribution in [0.1, 0.15) is 28.4 Å². The summed E-state index contributed by atoms with van der Waals surface area (Å²) in [6, 6.07) is 8.88. The molecule has 0 aromatic heterocycles. The maximum Gasteiger partial charge on any atom is 0.338 e. The molecule has 2 aromatic carbocycles. The van der Waals surface area contributed by atoms with Gasteiger partial charge in [-0.05, 0) is 68.3 Å². The number of methoxy groups -OCH3 is 2. The number of hydrogen-bond donors (Lipinski definition) is 0. The van der Waals surface area contributed by atoms with E-state index < -0.39 is 28.5 Å². The zero-order valence-corrected chi connectivity index (χ0v) is 18.4. The monoisotopic (exact) mass is 435 g/mol. The SMILES string of the molecule is CCOC(=O)c1ccc(N(CC(=O)OC)S(=O)(=O)c2ccc(OC)c(C)c2)c(C)c1. The summed E-state index contributed by atoms with van der Waals surface area (Å²) in [5.41, 5.74) is 1.65. The summed E-state index contributed by atoms with van der Waals surface area (Å²) in [6.45, 7) is 4.77. The lowest BCUT2D eigenvalue weighted by molar-refractivity contribution is -0.138. The molecule has 0 bridgehead atoms. The van der Waals surface area contributed by atoms with E-state index in [4.69, 9.17) is 9.47 Å². The van der Waals surface area contributed by atoms with E-state index in [1.54, 1.807) is 26.8 Å². The first-order chi connectivity index (χ1) is 14.1. The third-order valence-electron chi connectivity index (χ3n) is 4.43. The molecular formula is C21H25NO7S. The van der Waals surface area contributed by atoms with Crippen LogP contribution in [0, 0.1) is 13.8 Å². The maximum absolute atomic E-state index is 13.4. The summed E-state index contributed by atoms with van der Waals surface area (Å²) >= 11 is 0. The second-order valence-corrected chi connectivity index (χ2v) is 8.30. The van der Waals surface area contributed by atoms with Crippen molar-refractivity contribution in [2.75, 3.05) is 31.7 Å².